The van der Waals surface area contributed by atoms with Crippen molar-refractivity contribution in [1.29, 1.82) is 0 Å². The molecule has 1 fully saturated rings. The Kier molecular flexibility index (Phi) is 9.54. The van der Waals surface area contributed by atoms with Crippen molar-refractivity contribution in [3.05, 3.63) is 66.5 Å². The number of anilines is 2. The van der Waals surface area contributed by atoms with Gasteiger partial charge in [-0.25, -0.2) is 9.97 Å². The fourth-order valence-electron chi connectivity index (χ4n) is 4.44. The Hall–Kier alpha value is -4.47. The van der Waals surface area contributed by atoms with Crippen LogP contribution in [0.1, 0.15) is 44.0 Å². The minimum Gasteiger partial charge on any atom is -0.497 e. The molecule has 10 nitrogen and oxygen atoms in total. The van der Waals surface area contributed by atoms with E-state index < -0.39 is 5.41 Å². The maximum Gasteiger partial charge on any atom is 0.251 e. The van der Waals surface area contributed by atoms with E-state index in [1.54, 1.807) is 37.7 Å². The zero-order valence-electron chi connectivity index (χ0n) is 24.1. The first kappa shape index (κ1) is 29.5. The number of carbonyl (C=O) groups is 3. The lowest BCUT2D eigenvalue weighted by Crippen LogP contribution is -2.42. The van der Waals surface area contributed by atoms with Gasteiger partial charge in [0.15, 0.2) is 0 Å². The van der Waals surface area contributed by atoms with Crippen LogP contribution in [0.25, 0.3) is 11.3 Å². The summed E-state index contributed by atoms with van der Waals surface area (Å²) in [5.74, 6) is 1.22. The van der Waals surface area contributed by atoms with E-state index in [0.717, 1.165) is 48.8 Å². The molecule has 0 unspecified atom stereocenters. The summed E-state index contributed by atoms with van der Waals surface area (Å²) in [6.07, 6.45) is 3.01. The van der Waals surface area contributed by atoms with Crippen molar-refractivity contribution in [2.45, 2.75) is 33.6 Å². The average molecular weight is 559 g/mol. The molecule has 41 heavy (non-hydrogen) atoms. The van der Waals surface area contributed by atoms with Gasteiger partial charge in [-0.15, -0.1) is 0 Å². The van der Waals surface area contributed by atoms with Gasteiger partial charge in [-0.2, -0.15) is 0 Å². The van der Waals surface area contributed by atoms with Crippen LogP contribution in [0.5, 0.6) is 5.75 Å². The summed E-state index contributed by atoms with van der Waals surface area (Å²) in [4.78, 5) is 48.4. The highest BCUT2D eigenvalue weighted by Gasteiger charge is 2.26. The zero-order valence-corrected chi connectivity index (χ0v) is 24.1. The van der Waals surface area contributed by atoms with Crippen molar-refractivity contribution in [2.24, 2.45) is 11.3 Å². The molecule has 1 aliphatic heterocycles. The summed E-state index contributed by atoms with van der Waals surface area (Å²) < 4.78 is 5.23. The Morgan fingerprint density at radius 3 is 2.22 bits per heavy atom. The van der Waals surface area contributed by atoms with Gasteiger partial charge in [-0.3, -0.25) is 14.4 Å². The number of piperidine rings is 1. The van der Waals surface area contributed by atoms with E-state index in [1.807, 2.05) is 51.1 Å². The third-order valence-electron chi connectivity index (χ3n) is 7.02. The molecular formula is C31H38N6O4. The number of aromatic nitrogens is 2. The van der Waals surface area contributed by atoms with Gasteiger partial charge in [0.25, 0.3) is 5.91 Å². The van der Waals surface area contributed by atoms with Crippen molar-refractivity contribution < 1.29 is 19.1 Å². The second kappa shape index (κ2) is 13.3. The molecule has 0 radical (unpaired) electrons. The normalized spacial score (nSPS) is 13.8. The second-order valence-corrected chi connectivity index (χ2v) is 11.1. The number of methoxy groups -OCH3 is 1. The Bertz CT molecular complexity index is 1340. The number of rotatable bonds is 9. The highest BCUT2D eigenvalue weighted by atomic mass is 16.5. The Morgan fingerprint density at radius 2 is 1.59 bits per heavy atom. The molecule has 2 heterocycles. The van der Waals surface area contributed by atoms with E-state index in [-0.39, 0.29) is 23.6 Å². The van der Waals surface area contributed by atoms with E-state index in [4.69, 9.17) is 4.74 Å². The van der Waals surface area contributed by atoms with E-state index >= 15 is 0 Å². The molecule has 0 atom stereocenters. The molecule has 0 spiro atoms. The molecule has 1 aliphatic rings. The largest absolute Gasteiger partial charge is 0.497 e. The number of hydrogen-bond donors (Lipinski definition) is 3. The minimum atomic E-state index is -0.503. The summed E-state index contributed by atoms with van der Waals surface area (Å²) in [5, 5.41) is 8.61. The van der Waals surface area contributed by atoms with Crippen molar-refractivity contribution in [2.75, 3.05) is 43.5 Å². The smallest absolute Gasteiger partial charge is 0.251 e. The number of hydrogen-bond acceptors (Lipinski definition) is 7. The van der Waals surface area contributed by atoms with Crippen molar-refractivity contribution in [3.8, 4) is 17.0 Å². The molecule has 1 saturated heterocycles. The summed E-state index contributed by atoms with van der Waals surface area (Å²) in [6, 6.07) is 16.4. The van der Waals surface area contributed by atoms with Crippen LogP contribution in [0, 0.1) is 11.3 Å². The van der Waals surface area contributed by atoms with Crippen LogP contribution in [-0.4, -0.2) is 61.0 Å². The molecular weight excluding hydrogens is 520 g/mol. The minimum absolute atomic E-state index is 0.000508. The second-order valence-electron chi connectivity index (χ2n) is 11.1. The molecule has 2 aromatic carbocycles. The van der Waals surface area contributed by atoms with Gasteiger partial charge in [0, 0.05) is 60.4 Å². The van der Waals surface area contributed by atoms with Crippen LogP contribution >= 0.6 is 0 Å². The lowest BCUT2D eigenvalue weighted by atomic mass is 9.95. The SMILES string of the molecule is COc1ccc(-c2cc(N3CCC(C(=O)NCCNC(=O)c4ccc(NC(=O)C(C)(C)C)cc4)CC3)ncn2)cc1. The fourth-order valence-corrected chi connectivity index (χ4v) is 4.44. The van der Waals surface area contributed by atoms with Gasteiger partial charge in [-0.1, -0.05) is 20.8 Å². The third kappa shape index (κ3) is 8.03. The van der Waals surface area contributed by atoms with E-state index in [9.17, 15) is 14.4 Å². The fraction of sp³-hybridized carbons (Fsp3) is 0.387. The Morgan fingerprint density at radius 1 is 0.927 bits per heavy atom. The molecule has 0 aliphatic carbocycles. The maximum absolute atomic E-state index is 12.7. The van der Waals surface area contributed by atoms with Gasteiger partial charge < -0.3 is 25.6 Å². The predicted molar refractivity (Wildman–Crippen MR) is 159 cm³/mol. The molecule has 3 N–H and O–H groups in total. The lowest BCUT2D eigenvalue weighted by Gasteiger charge is -2.32. The summed E-state index contributed by atoms with van der Waals surface area (Å²) >= 11 is 0. The highest BCUT2D eigenvalue weighted by Crippen LogP contribution is 2.26. The van der Waals surface area contributed by atoms with Crippen LogP contribution in [0.3, 0.4) is 0 Å². The van der Waals surface area contributed by atoms with Gasteiger partial charge in [0.05, 0.1) is 12.8 Å². The summed E-state index contributed by atoms with van der Waals surface area (Å²) in [7, 11) is 1.64. The number of benzene rings is 2. The van der Waals surface area contributed by atoms with Gasteiger partial charge >= 0.3 is 0 Å². The number of amides is 3. The van der Waals surface area contributed by atoms with Gasteiger partial charge in [-0.05, 0) is 61.4 Å². The Balaban J connectivity index is 1.18. The van der Waals surface area contributed by atoms with Crippen molar-refractivity contribution in [3.63, 3.8) is 0 Å². The molecule has 216 valence electrons. The molecule has 3 amide bonds. The third-order valence-corrected chi connectivity index (χ3v) is 7.02. The monoisotopic (exact) mass is 558 g/mol. The molecule has 10 heteroatoms. The van der Waals surface area contributed by atoms with Crippen LogP contribution in [0.2, 0.25) is 0 Å². The lowest BCUT2D eigenvalue weighted by molar-refractivity contribution is -0.125. The molecule has 3 aromatic rings. The topological polar surface area (TPSA) is 126 Å². The maximum atomic E-state index is 12.7. The highest BCUT2D eigenvalue weighted by molar-refractivity contribution is 5.97. The quantitative estimate of drug-likeness (QED) is 0.340. The van der Waals surface area contributed by atoms with Crippen LogP contribution in [0.4, 0.5) is 11.5 Å². The first-order valence-electron chi connectivity index (χ1n) is 13.8. The average Bonchev–Trinajstić information content (AvgIpc) is 2.99. The summed E-state index contributed by atoms with van der Waals surface area (Å²) in [6.45, 7) is 7.63. The number of nitrogens with zero attached hydrogens (tertiary/aromatic N) is 3. The predicted octanol–water partition coefficient (Wildman–Crippen LogP) is 3.90. The zero-order chi connectivity index (χ0) is 29.4. The van der Waals surface area contributed by atoms with Gasteiger partial charge in [0.1, 0.15) is 17.9 Å². The van der Waals surface area contributed by atoms with E-state index in [1.165, 1.54) is 0 Å². The molecule has 4 rings (SSSR count). The van der Waals surface area contributed by atoms with E-state index in [0.29, 0.717) is 24.3 Å². The Labute approximate surface area is 240 Å². The molecule has 1 aromatic heterocycles. The number of carbonyl (C=O) groups excluding carboxylic acids is 3. The van der Waals surface area contributed by atoms with E-state index in [2.05, 4.69) is 30.8 Å². The molecule has 0 saturated carbocycles. The first-order valence-corrected chi connectivity index (χ1v) is 13.8. The van der Waals surface area contributed by atoms with Crippen LogP contribution in [0.15, 0.2) is 60.9 Å². The molecule has 0 bridgehead atoms. The van der Waals surface area contributed by atoms with Gasteiger partial charge in [0.2, 0.25) is 11.8 Å². The number of ether oxygens (including phenoxy) is 1. The van der Waals surface area contributed by atoms with Crippen LogP contribution in [-0.2, 0) is 9.59 Å². The van der Waals surface area contributed by atoms with Crippen molar-refractivity contribution in [1.82, 2.24) is 20.6 Å². The number of nitrogens with one attached hydrogen (secondary N) is 3. The van der Waals surface area contributed by atoms with Crippen molar-refractivity contribution >= 4 is 29.2 Å². The standard InChI is InChI=1S/C31H38N6O4/c1-31(2,3)30(40)36-24-9-5-22(6-10-24)28(38)32-15-16-33-29(39)23-13-17-37(18-14-23)27-19-26(34-20-35-27)21-7-11-25(41-4)12-8-21/h5-12,19-20,23H,13-18H2,1-4H3,(H,32,38)(H,33,39)(H,36,40). The summed E-state index contributed by atoms with van der Waals surface area (Å²) in [5.41, 5.74) is 2.44. The van der Waals surface area contributed by atoms with Crippen LogP contribution < -0.4 is 25.6 Å². The first-order chi connectivity index (χ1) is 19.6.